The maximum Gasteiger partial charge on any atom is 0.122 e. The molecule has 0 aliphatic carbocycles. The van der Waals surface area contributed by atoms with Crippen molar-refractivity contribution >= 4 is 0 Å². The number of aryl methyl sites for hydroxylation is 1. The Bertz CT molecular complexity index is 296. The van der Waals surface area contributed by atoms with Gasteiger partial charge >= 0.3 is 0 Å². The highest BCUT2D eigenvalue weighted by Crippen LogP contribution is 2.21. The Kier molecular flexibility index (Phi) is 4.19. The number of benzene rings is 1. The van der Waals surface area contributed by atoms with Crippen molar-refractivity contribution < 1.29 is 4.74 Å². The molecule has 0 radical (unpaired) electrons. The summed E-state index contributed by atoms with van der Waals surface area (Å²) in [5.41, 5.74) is 1.63. The summed E-state index contributed by atoms with van der Waals surface area (Å²) in [6.07, 6.45) is 2.33. The van der Waals surface area contributed by atoms with Gasteiger partial charge in [-0.1, -0.05) is 39.0 Å². The molecular weight excluding hydrogens is 184 g/mol. The number of ether oxygens (including phenoxy) is 1. The highest BCUT2D eigenvalue weighted by molar-refractivity contribution is 5.31. The summed E-state index contributed by atoms with van der Waals surface area (Å²) in [6.45, 7) is 9.70. The van der Waals surface area contributed by atoms with Crippen molar-refractivity contribution in [3.05, 3.63) is 29.8 Å². The van der Waals surface area contributed by atoms with Crippen LogP contribution in [-0.2, 0) is 0 Å². The van der Waals surface area contributed by atoms with E-state index in [2.05, 4.69) is 33.8 Å². The molecule has 0 bridgehead atoms. The molecule has 1 aromatic carbocycles. The standard InChI is InChI=1S/C14H22O/c1-12-8-5-6-9-13(12)15-11-7-10-14(2,3)4/h5-6,8-9H,7,10-11H2,1-4H3. The van der Waals surface area contributed by atoms with Crippen LogP contribution in [-0.4, -0.2) is 6.61 Å². The van der Waals surface area contributed by atoms with E-state index in [1.165, 1.54) is 12.0 Å². The second kappa shape index (κ2) is 5.20. The molecule has 0 spiro atoms. The number of hydrogen-bond acceptors (Lipinski definition) is 1. The average Bonchev–Trinajstić information content (AvgIpc) is 2.13. The lowest BCUT2D eigenvalue weighted by atomic mass is 9.91. The van der Waals surface area contributed by atoms with Crippen LogP contribution in [0.1, 0.15) is 39.2 Å². The van der Waals surface area contributed by atoms with Gasteiger partial charge in [0.15, 0.2) is 0 Å². The highest BCUT2D eigenvalue weighted by atomic mass is 16.5. The fraction of sp³-hybridized carbons (Fsp3) is 0.571. The summed E-state index contributed by atoms with van der Waals surface area (Å²) in [6, 6.07) is 8.18. The second-order valence-electron chi connectivity index (χ2n) is 5.28. The Labute approximate surface area is 93.5 Å². The van der Waals surface area contributed by atoms with E-state index in [0.29, 0.717) is 5.41 Å². The first-order valence-electron chi connectivity index (χ1n) is 5.67. The van der Waals surface area contributed by atoms with E-state index in [0.717, 1.165) is 18.8 Å². The summed E-state index contributed by atoms with van der Waals surface area (Å²) in [5.74, 6) is 1.02. The van der Waals surface area contributed by atoms with Gasteiger partial charge in [-0.15, -0.1) is 0 Å². The Balaban J connectivity index is 2.30. The summed E-state index contributed by atoms with van der Waals surface area (Å²) >= 11 is 0. The molecule has 0 aliphatic rings. The van der Waals surface area contributed by atoms with Crippen molar-refractivity contribution in [2.75, 3.05) is 6.61 Å². The fourth-order valence-corrected chi connectivity index (χ4v) is 1.50. The Morgan fingerprint density at radius 1 is 1.13 bits per heavy atom. The van der Waals surface area contributed by atoms with Crippen LogP contribution in [0, 0.1) is 12.3 Å². The molecule has 1 heteroatoms. The molecule has 0 heterocycles. The molecule has 0 fully saturated rings. The second-order valence-corrected chi connectivity index (χ2v) is 5.28. The van der Waals surface area contributed by atoms with Gasteiger partial charge in [-0.05, 0) is 36.8 Å². The predicted molar refractivity (Wildman–Crippen MR) is 65.4 cm³/mol. The highest BCUT2D eigenvalue weighted by Gasteiger charge is 2.09. The molecule has 1 rings (SSSR count). The minimum Gasteiger partial charge on any atom is -0.493 e. The van der Waals surface area contributed by atoms with E-state index in [1.54, 1.807) is 0 Å². The monoisotopic (exact) mass is 206 g/mol. The molecular formula is C14H22O. The first kappa shape index (κ1) is 12.1. The molecule has 1 aromatic rings. The van der Waals surface area contributed by atoms with Gasteiger partial charge in [-0.25, -0.2) is 0 Å². The van der Waals surface area contributed by atoms with Gasteiger partial charge in [0.2, 0.25) is 0 Å². The normalized spacial score (nSPS) is 11.5. The van der Waals surface area contributed by atoms with Gasteiger partial charge in [0.25, 0.3) is 0 Å². The van der Waals surface area contributed by atoms with Gasteiger partial charge in [-0.2, -0.15) is 0 Å². The Morgan fingerprint density at radius 2 is 1.80 bits per heavy atom. The van der Waals surface area contributed by atoms with Gasteiger partial charge in [0, 0.05) is 0 Å². The largest absolute Gasteiger partial charge is 0.493 e. The van der Waals surface area contributed by atoms with Crippen LogP contribution in [0.3, 0.4) is 0 Å². The van der Waals surface area contributed by atoms with Gasteiger partial charge in [-0.3, -0.25) is 0 Å². The van der Waals surface area contributed by atoms with Crippen LogP contribution >= 0.6 is 0 Å². The van der Waals surface area contributed by atoms with E-state index in [-0.39, 0.29) is 0 Å². The van der Waals surface area contributed by atoms with E-state index in [4.69, 9.17) is 4.74 Å². The summed E-state index contributed by atoms with van der Waals surface area (Å²) < 4.78 is 5.73. The molecule has 0 N–H and O–H groups in total. The van der Waals surface area contributed by atoms with Crippen molar-refractivity contribution in [1.29, 1.82) is 0 Å². The topological polar surface area (TPSA) is 9.23 Å². The van der Waals surface area contributed by atoms with Crippen molar-refractivity contribution in [2.24, 2.45) is 5.41 Å². The third-order valence-corrected chi connectivity index (χ3v) is 2.42. The van der Waals surface area contributed by atoms with Crippen LogP contribution in [0.15, 0.2) is 24.3 Å². The predicted octanol–water partition coefficient (Wildman–Crippen LogP) is 4.20. The van der Waals surface area contributed by atoms with Crippen molar-refractivity contribution in [2.45, 2.75) is 40.5 Å². The lowest BCUT2D eigenvalue weighted by molar-refractivity contribution is 0.268. The first-order chi connectivity index (χ1) is 6.99. The molecule has 0 atom stereocenters. The minimum atomic E-state index is 0.412. The van der Waals surface area contributed by atoms with Crippen LogP contribution in [0.5, 0.6) is 5.75 Å². The third kappa shape index (κ3) is 4.87. The fourth-order valence-electron chi connectivity index (χ4n) is 1.50. The average molecular weight is 206 g/mol. The van der Waals surface area contributed by atoms with E-state index in [9.17, 15) is 0 Å². The van der Waals surface area contributed by atoms with E-state index >= 15 is 0 Å². The zero-order valence-electron chi connectivity index (χ0n) is 10.3. The molecule has 0 saturated heterocycles. The molecule has 1 nitrogen and oxygen atoms in total. The van der Waals surface area contributed by atoms with Crippen molar-refractivity contribution in [3.63, 3.8) is 0 Å². The number of para-hydroxylation sites is 1. The molecule has 0 aromatic heterocycles. The Hall–Kier alpha value is -0.980. The van der Waals surface area contributed by atoms with Gasteiger partial charge in [0.05, 0.1) is 6.61 Å². The Morgan fingerprint density at radius 3 is 2.40 bits per heavy atom. The number of rotatable bonds is 4. The van der Waals surface area contributed by atoms with Crippen LogP contribution in [0.2, 0.25) is 0 Å². The summed E-state index contributed by atoms with van der Waals surface area (Å²) in [7, 11) is 0. The quantitative estimate of drug-likeness (QED) is 0.671. The third-order valence-electron chi connectivity index (χ3n) is 2.42. The summed E-state index contributed by atoms with van der Waals surface area (Å²) in [4.78, 5) is 0. The zero-order chi connectivity index (χ0) is 11.3. The van der Waals surface area contributed by atoms with E-state index < -0.39 is 0 Å². The lowest BCUT2D eigenvalue weighted by Gasteiger charge is -2.18. The molecule has 84 valence electrons. The SMILES string of the molecule is Cc1ccccc1OCCCC(C)(C)C. The molecule has 0 aliphatic heterocycles. The molecule has 15 heavy (non-hydrogen) atoms. The minimum absolute atomic E-state index is 0.412. The molecule has 0 amide bonds. The smallest absolute Gasteiger partial charge is 0.122 e. The van der Waals surface area contributed by atoms with Gasteiger partial charge < -0.3 is 4.74 Å². The maximum absolute atomic E-state index is 5.73. The van der Waals surface area contributed by atoms with Crippen LogP contribution in [0.25, 0.3) is 0 Å². The summed E-state index contributed by atoms with van der Waals surface area (Å²) in [5, 5.41) is 0. The van der Waals surface area contributed by atoms with Gasteiger partial charge in [0.1, 0.15) is 5.75 Å². The van der Waals surface area contributed by atoms with E-state index in [1.807, 2.05) is 18.2 Å². The molecule has 0 unspecified atom stereocenters. The lowest BCUT2D eigenvalue weighted by Crippen LogP contribution is -2.08. The maximum atomic E-state index is 5.73. The number of hydrogen-bond donors (Lipinski definition) is 0. The van der Waals surface area contributed by atoms with Crippen LogP contribution < -0.4 is 4.74 Å². The zero-order valence-corrected chi connectivity index (χ0v) is 10.3. The first-order valence-corrected chi connectivity index (χ1v) is 5.67. The van der Waals surface area contributed by atoms with Crippen LogP contribution in [0.4, 0.5) is 0 Å². The van der Waals surface area contributed by atoms with Crippen molar-refractivity contribution in [1.82, 2.24) is 0 Å². The molecule has 0 saturated carbocycles. The van der Waals surface area contributed by atoms with Crippen molar-refractivity contribution in [3.8, 4) is 5.75 Å².